The summed E-state index contributed by atoms with van der Waals surface area (Å²) in [7, 11) is -12.1. The molecular formula is C46H86Si8. The Hall–Kier alpha value is -0.605. The normalized spacial score (nSPS) is 14.6. The zero-order valence-corrected chi connectivity index (χ0v) is 48.1. The molecule has 0 unspecified atom stereocenters. The lowest BCUT2D eigenvalue weighted by molar-refractivity contribution is 1.14. The SMILES string of the molecule is C[Si](C)(C)C(c1ccc(C([Si](C)(C)C)[Si](C)(C)C)c(-c2cccc(-c3cc(C([Si](C)(C)C)[Si](C)(C)C)ccc3C([Si](C)(C)C)[Si](C)(C)C)c2)c1)[Si](C)(C)C. The summed E-state index contributed by atoms with van der Waals surface area (Å²) in [6.07, 6.45) is 0. The summed E-state index contributed by atoms with van der Waals surface area (Å²) in [6.45, 7) is 63.0. The van der Waals surface area contributed by atoms with E-state index in [0.29, 0.717) is 10.3 Å². The maximum atomic E-state index is 2.74. The van der Waals surface area contributed by atoms with Crippen molar-refractivity contribution in [3.63, 3.8) is 0 Å². The minimum Gasteiger partial charge on any atom is -0.0693 e. The molecule has 0 amide bonds. The van der Waals surface area contributed by atoms with Crippen molar-refractivity contribution >= 4 is 64.6 Å². The van der Waals surface area contributed by atoms with Gasteiger partial charge in [-0.1, -0.05) is 212 Å². The first-order valence-corrected chi connectivity index (χ1v) is 49.9. The second-order valence-corrected chi connectivity index (χ2v) is 70.7. The first-order valence-electron chi connectivity index (χ1n) is 21.3. The van der Waals surface area contributed by atoms with E-state index in [1.807, 2.05) is 0 Å². The Kier molecular flexibility index (Phi) is 14.0. The maximum Gasteiger partial charge on any atom is 0.0493 e. The number of benzene rings is 3. The molecule has 0 bridgehead atoms. The molecule has 54 heavy (non-hydrogen) atoms. The Bertz CT molecular complexity index is 1570. The van der Waals surface area contributed by atoms with Crippen LogP contribution < -0.4 is 0 Å². The third kappa shape index (κ3) is 11.3. The predicted octanol–water partition coefficient (Wildman–Crippen LogP) is 16.4. The summed E-state index contributed by atoms with van der Waals surface area (Å²) in [4.78, 5) is 0. The third-order valence-corrected chi connectivity index (χ3v) is 49.1. The zero-order chi connectivity index (χ0) is 42.0. The summed E-state index contributed by atoms with van der Waals surface area (Å²) >= 11 is 0. The van der Waals surface area contributed by atoms with Gasteiger partial charge in [-0.25, -0.2) is 0 Å². The average Bonchev–Trinajstić information content (AvgIpc) is 2.88. The lowest BCUT2D eigenvalue weighted by Gasteiger charge is -2.42. The fourth-order valence-electron chi connectivity index (χ4n) is 12.4. The van der Waals surface area contributed by atoms with Gasteiger partial charge in [0, 0.05) is 64.6 Å². The molecule has 0 saturated heterocycles. The van der Waals surface area contributed by atoms with Gasteiger partial charge in [0.1, 0.15) is 0 Å². The fraction of sp³-hybridized carbons (Fsp3) is 0.609. The monoisotopic (exact) mass is 862 g/mol. The van der Waals surface area contributed by atoms with E-state index in [1.165, 1.54) is 22.3 Å². The van der Waals surface area contributed by atoms with Crippen LogP contribution in [0.4, 0.5) is 0 Å². The van der Waals surface area contributed by atoms with Crippen molar-refractivity contribution in [2.24, 2.45) is 0 Å². The topological polar surface area (TPSA) is 0 Å². The zero-order valence-electron chi connectivity index (χ0n) is 40.1. The molecule has 0 aliphatic heterocycles. The maximum absolute atomic E-state index is 2.74. The van der Waals surface area contributed by atoms with Gasteiger partial charge in [-0.2, -0.15) is 0 Å². The minimum absolute atomic E-state index is 0.686. The second-order valence-electron chi connectivity index (χ2n) is 25.9. The van der Waals surface area contributed by atoms with Gasteiger partial charge in [-0.05, 0) is 71.2 Å². The first kappa shape index (κ1) is 47.8. The van der Waals surface area contributed by atoms with Crippen molar-refractivity contribution in [1.82, 2.24) is 0 Å². The van der Waals surface area contributed by atoms with E-state index >= 15 is 0 Å². The molecule has 0 fully saturated rings. The van der Waals surface area contributed by atoms with Crippen LogP contribution in [0.15, 0.2) is 60.7 Å². The van der Waals surface area contributed by atoms with Crippen LogP contribution >= 0.6 is 0 Å². The fourth-order valence-corrected chi connectivity index (χ4v) is 63.5. The van der Waals surface area contributed by atoms with Crippen LogP contribution in [0, 0.1) is 0 Å². The van der Waals surface area contributed by atoms with E-state index in [1.54, 1.807) is 22.3 Å². The van der Waals surface area contributed by atoms with Gasteiger partial charge < -0.3 is 0 Å². The smallest absolute Gasteiger partial charge is 0.0493 e. The van der Waals surface area contributed by atoms with Crippen molar-refractivity contribution in [3.8, 4) is 22.3 Å². The van der Waals surface area contributed by atoms with Crippen molar-refractivity contribution in [2.45, 2.75) is 178 Å². The molecule has 302 valence electrons. The first-order chi connectivity index (χ1) is 23.9. The summed E-state index contributed by atoms with van der Waals surface area (Å²) < 4.78 is 0. The minimum atomic E-state index is -1.55. The van der Waals surface area contributed by atoms with Gasteiger partial charge >= 0.3 is 0 Å². The summed E-state index contributed by atoms with van der Waals surface area (Å²) in [5, 5.41) is 2.81. The van der Waals surface area contributed by atoms with Gasteiger partial charge in [0.2, 0.25) is 0 Å². The van der Waals surface area contributed by atoms with Crippen LogP contribution in [0.2, 0.25) is 157 Å². The molecule has 0 N–H and O–H groups in total. The van der Waals surface area contributed by atoms with Crippen LogP contribution in [-0.4, -0.2) is 64.6 Å². The lowest BCUT2D eigenvalue weighted by Crippen LogP contribution is -2.47. The number of hydrogen-bond donors (Lipinski definition) is 0. The van der Waals surface area contributed by atoms with E-state index in [4.69, 9.17) is 0 Å². The molecule has 3 aromatic rings. The molecule has 0 aliphatic rings. The Morgan fingerprint density at radius 1 is 0.278 bits per heavy atom. The predicted molar refractivity (Wildman–Crippen MR) is 275 cm³/mol. The molecule has 0 atom stereocenters. The lowest BCUT2D eigenvalue weighted by atomic mass is 9.92. The number of rotatable bonds is 14. The van der Waals surface area contributed by atoms with Gasteiger partial charge in [0.15, 0.2) is 0 Å². The quantitative estimate of drug-likeness (QED) is 0.142. The highest BCUT2D eigenvalue weighted by Gasteiger charge is 2.44. The van der Waals surface area contributed by atoms with Crippen LogP contribution in [-0.2, 0) is 0 Å². The molecule has 3 rings (SSSR count). The summed E-state index contributed by atoms with van der Waals surface area (Å²) in [5.74, 6) is 0. The van der Waals surface area contributed by atoms with Gasteiger partial charge in [0.05, 0.1) is 0 Å². The largest absolute Gasteiger partial charge is 0.0693 e. The summed E-state index contributed by atoms with van der Waals surface area (Å²) in [5.41, 5.74) is 12.5. The highest BCUT2D eigenvalue weighted by Crippen LogP contribution is 2.47. The van der Waals surface area contributed by atoms with Gasteiger partial charge in [-0.3, -0.25) is 0 Å². The molecule has 0 aliphatic carbocycles. The molecule has 0 nitrogen and oxygen atoms in total. The van der Waals surface area contributed by atoms with E-state index in [2.05, 4.69) is 218 Å². The average molecular weight is 864 g/mol. The molecule has 0 radical (unpaired) electrons. The van der Waals surface area contributed by atoms with Gasteiger partial charge in [-0.15, -0.1) is 0 Å². The highest BCUT2D eigenvalue weighted by atomic mass is 28.4. The van der Waals surface area contributed by atoms with Crippen molar-refractivity contribution in [1.29, 1.82) is 0 Å². The van der Waals surface area contributed by atoms with E-state index in [0.717, 1.165) is 10.3 Å². The Labute approximate surface area is 345 Å². The van der Waals surface area contributed by atoms with E-state index in [9.17, 15) is 0 Å². The Morgan fingerprint density at radius 3 is 0.741 bits per heavy atom. The highest BCUT2D eigenvalue weighted by molar-refractivity contribution is 6.98. The Balaban J connectivity index is 2.58. The van der Waals surface area contributed by atoms with Crippen molar-refractivity contribution < 1.29 is 0 Å². The van der Waals surface area contributed by atoms with Crippen LogP contribution in [0.25, 0.3) is 22.3 Å². The van der Waals surface area contributed by atoms with E-state index in [-0.39, 0.29) is 0 Å². The molecule has 0 heterocycles. The summed E-state index contributed by atoms with van der Waals surface area (Å²) in [6, 6.07) is 26.0. The molecular weight excluding hydrogens is 777 g/mol. The molecule has 3 aromatic carbocycles. The van der Waals surface area contributed by atoms with Crippen LogP contribution in [0.3, 0.4) is 0 Å². The molecule has 0 spiro atoms. The van der Waals surface area contributed by atoms with Crippen molar-refractivity contribution in [2.75, 3.05) is 0 Å². The van der Waals surface area contributed by atoms with Crippen LogP contribution in [0.1, 0.15) is 42.9 Å². The third-order valence-electron chi connectivity index (χ3n) is 11.9. The van der Waals surface area contributed by atoms with Gasteiger partial charge in [0.25, 0.3) is 0 Å². The molecule has 8 heteroatoms. The number of hydrogen-bond acceptors (Lipinski definition) is 0. The molecule has 0 aromatic heterocycles. The Morgan fingerprint density at radius 2 is 0.519 bits per heavy atom. The van der Waals surface area contributed by atoms with Crippen LogP contribution in [0.5, 0.6) is 0 Å². The molecule has 0 saturated carbocycles. The second kappa shape index (κ2) is 15.9. The standard InChI is InChI=1S/C46H86Si8/c1-47(2,3)43(48(4,5)6)37-28-30-39(45(51(13,14)15)52(16,17)18)41(33-37)35-26-25-27-36(32-35)42-34-38(44(49(7,8)9)50(10,11)12)29-31-40(42)46(53(19,20)21)54(22,23)24/h25-34,43-46H,1-24H3. The van der Waals surface area contributed by atoms with E-state index < -0.39 is 64.6 Å². The van der Waals surface area contributed by atoms with Crippen molar-refractivity contribution in [3.05, 3.63) is 82.9 Å².